The molecule has 0 aromatic heterocycles. The van der Waals surface area contributed by atoms with Gasteiger partial charge in [-0.3, -0.25) is 0 Å². The minimum Gasteiger partial charge on any atom is -0.302 e. The molecule has 1 unspecified atom stereocenters. The average Bonchev–Trinajstić information content (AvgIpc) is 2.26. The first-order valence-corrected chi connectivity index (χ1v) is 7.12. The molecular weight excluding hydrogens is 201 g/mol. The summed E-state index contributed by atoms with van der Waals surface area (Å²) in [6.45, 7) is 4.40. The van der Waals surface area contributed by atoms with Crippen LogP contribution in [0.15, 0.2) is 0 Å². The second kappa shape index (κ2) is 11.4. The summed E-state index contributed by atoms with van der Waals surface area (Å²) in [7, 11) is 0. The van der Waals surface area contributed by atoms with E-state index < -0.39 is 6.30 Å². The molecule has 0 aromatic rings. The van der Waals surface area contributed by atoms with Crippen molar-refractivity contribution in [3.8, 4) is 0 Å². The Balaban J connectivity index is 3.54. The molecule has 0 radical (unpaired) electrons. The highest BCUT2D eigenvalue weighted by Gasteiger charge is 2.15. The Morgan fingerprint density at radius 2 is 1.25 bits per heavy atom. The molecule has 1 atom stereocenters. The van der Waals surface area contributed by atoms with Crippen LogP contribution in [0.2, 0.25) is 0 Å². The summed E-state index contributed by atoms with van der Waals surface area (Å²) in [6.07, 6.45) is 10.6. The van der Waals surface area contributed by atoms with Gasteiger partial charge in [-0.1, -0.05) is 65.2 Å². The van der Waals surface area contributed by atoms with Gasteiger partial charge in [0, 0.05) is 5.92 Å². The fourth-order valence-corrected chi connectivity index (χ4v) is 2.13. The quantitative estimate of drug-likeness (QED) is 0.401. The topological polar surface area (TPSA) is 26.0 Å². The van der Waals surface area contributed by atoms with Gasteiger partial charge in [0.1, 0.15) is 0 Å². The van der Waals surface area contributed by atoms with Crippen molar-refractivity contribution in [2.75, 3.05) is 0 Å². The number of nitrogens with two attached hydrogens (primary N) is 1. The van der Waals surface area contributed by atoms with Crippen LogP contribution in [0.1, 0.15) is 78.1 Å². The van der Waals surface area contributed by atoms with E-state index in [4.69, 9.17) is 5.73 Å². The molecule has 1 nitrogen and oxygen atoms in total. The van der Waals surface area contributed by atoms with Gasteiger partial charge in [0.05, 0.1) is 0 Å². The third kappa shape index (κ3) is 9.14. The summed E-state index contributed by atoms with van der Waals surface area (Å²) in [6, 6.07) is 0. The van der Waals surface area contributed by atoms with Crippen molar-refractivity contribution in [1.29, 1.82) is 0 Å². The number of alkyl halides is 1. The molecule has 0 amide bonds. The van der Waals surface area contributed by atoms with Crippen molar-refractivity contribution < 1.29 is 4.39 Å². The van der Waals surface area contributed by atoms with Crippen LogP contribution in [0.25, 0.3) is 0 Å². The molecule has 98 valence electrons. The minimum atomic E-state index is -1.11. The second-order valence-corrected chi connectivity index (χ2v) is 4.90. The van der Waals surface area contributed by atoms with Crippen LogP contribution < -0.4 is 5.73 Å². The summed E-state index contributed by atoms with van der Waals surface area (Å²) >= 11 is 0. The standard InChI is InChI=1S/C14H30FN/c1-3-5-7-9-11-13(14(15)16)12-10-8-6-4-2/h13-14H,3-12,16H2,1-2H3. The molecule has 2 N–H and O–H groups in total. The number of unbranched alkanes of at least 4 members (excludes halogenated alkanes) is 6. The summed E-state index contributed by atoms with van der Waals surface area (Å²) in [5, 5.41) is 0. The summed E-state index contributed by atoms with van der Waals surface area (Å²) < 4.78 is 13.2. The zero-order chi connectivity index (χ0) is 12.2. The van der Waals surface area contributed by atoms with Crippen LogP contribution in [0, 0.1) is 5.92 Å². The molecule has 16 heavy (non-hydrogen) atoms. The van der Waals surface area contributed by atoms with Gasteiger partial charge in [-0.15, -0.1) is 0 Å². The Morgan fingerprint density at radius 1 is 0.812 bits per heavy atom. The Labute approximate surface area is 101 Å². The highest BCUT2D eigenvalue weighted by molar-refractivity contribution is 4.65. The molecular formula is C14H30FN. The smallest absolute Gasteiger partial charge is 0.151 e. The Hall–Kier alpha value is -0.110. The maximum absolute atomic E-state index is 13.2. The second-order valence-electron chi connectivity index (χ2n) is 4.90. The van der Waals surface area contributed by atoms with Crippen molar-refractivity contribution in [1.82, 2.24) is 0 Å². The molecule has 0 saturated heterocycles. The summed E-state index contributed by atoms with van der Waals surface area (Å²) in [4.78, 5) is 0. The molecule has 0 spiro atoms. The molecule has 0 saturated carbocycles. The van der Waals surface area contributed by atoms with Gasteiger partial charge < -0.3 is 5.73 Å². The van der Waals surface area contributed by atoms with E-state index in [1.54, 1.807) is 0 Å². The van der Waals surface area contributed by atoms with E-state index >= 15 is 0 Å². The lowest BCUT2D eigenvalue weighted by Crippen LogP contribution is -2.25. The lowest BCUT2D eigenvalue weighted by molar-refractivity contribution is 0.204. The fraction of sp³-hybridized carbons (Fsp3) is 1.00. The van der Waals surface area contributed by atoms with Gasteiger partial charge in [0.15, 0.2) is 6.30 Å². The van der Waals surface area contributed by atoms with Gasteiger partial charge in [-0.05, 0) is 12.8 Å². The Kier molecular flexibility index (Phi) is 11.3. The summed E-state index contributed by atoms with van der Waals surface area (Å²) in [5.41, 5.74) is 5.40. The van der Waals surface area contributed by atoms with E-state index in [0.29, 0.717) is 0 Å². The molecule has 0 bridgehead atoms. The van der Waals surface area contributed by atoms with Gasteiger partial charge in [-0.25, -0.2) is 4.39 Å². The predicted molar refractivity (Wildman–Crippen MR) is 70.1 cm³/mol. The molecule has 0 heterocycles. The van der Waals surface area contributed by atoms with Gasteiger partial charge in [0.25, 0.3) is 0 Å². The van der Waals surface area contributed by atoms with E-state index in [0.717, 1.165) is 25.7 Å². The van der Waals surface area contributed by atoms with Crippen molar-refractivity contribution in [3.05, 3.63) is 0 Å². The number of rotatable bonds is 11. The van der Waals surface area contributed by atoms with Crippen molar-refractivity contribution in [2.45, 2.75) is 84.4 Å². The highest BCUT2D eigenvalue weighted by atomic mass is 19.1. The monoisotopic (exact) mass is 231 g/mol. The van der Waals surface area contributed by atoms with Crippen molar-refractivity contribution in [2.24, 2.45) is 11.7 Å². The van der Waals surface area contributed by atoms with E-state index in [1.165, 1.54) is 38.5 Å². The first-order valence-electron chi connectivity index (χ1n) is 7.12. The van der Waals surface area contributed by atoms with E-state index in [2.05, 4.69) is 13.8 Å². The van der Waals surface area contributed by atoms with Gasteiger partial charge in [-0.2, -0.15) is 0 Å². The van der Waals surface area contributed by atoms with Crippen molar-refractivity contribution >= 4 is 0 Å². The third-order valence-electron chi connectivity index (χ3n) is 3.31. The van der Waals surface area contributed by atoms with Gasteiger partial charge in [0.2, 0.25) is 0 Å². The lowest BCUT2D eigenvalue weighted by atomic mass is 9.94. The Morgan fingerprint density at radius 3 is 1.56 bits per heavy atom. The van der Waals surface area contributed by atoms with Crippen LogP contribution in [-0.2, 0) is 0 Å². The van der Waals surface area contributed by atoms with Crippen LogP contribution in [-0.4, -0.2) is 6.30 Å². The van der Waals surface area contributed by atoms with E-state index in [-0.39, 0.29) is 5.92 Å². The summed E-state index contributed by atoms with van der Waals surface area (Å²) in [5.74, 6) is 0.105. The SMILES string of the molecule is CCCCCCC(CCCCCC)C(N)F. The molecule has 0 aliphatic carbocycles. The lowest BCUT2D eigenvalue weighted by Gasteiger charge is -2.17. The number of hydrogen-bond acceptors (Lipinski definition) is 1. The maximum Gasteiger partial charge on any atom is 0.151 e. The normalized spacial score (nSPS) is 13.3. The molecule has 2 heteroatoms. The third-order valence-corrected chi connectivity index (χ3v) is 3.31. The minimum absolute atomic E-state index is 0.105. The highest BCUT2D eigenvalue weighted by Crippen LogP contribution is 2.21. The van der Waals surface area contributed by atoms with Crippen LogP contribution in [0.3, 0.4) is 0 Å². The predicted octanol–water partition coefficient (Wildman–Crippen LogP) is 4.80. The number of halogens is 1. The maximum atomic E-state index is 13.2. The first-order chi connectivity index (χ1) is 7.72. The fourth-order valence-electron chi connectivity index (χ4n) is 2.13. The molecule has 0 aromatic carbocycles. The zero-order valence-corrected chi connectivity index (χ0v) is 11.2. The van der Waals surface area contributed by atoms with Crippen LogP contribution >= 0.6 is 0 Å². The van der Waals surface area contributed by atoms with E-state index in [1.807, 2.05) is 0 Å². The molecule has 0 rings (SSSR count). The average molecular weight is 231 g/mol. The zero-order valence-electron chi connectivity index (χ0n) is 11.2. The number of hydrogen-bond donors (Lipinski definition) is 1. The van der Waals surface area contributed by atoms with Crippen LogP contribution in [0.5, 0.6) is 0 Å². The molecule has 0 fully saturated rings. The molecule has 0 aliphatic heterocycles. The van der Waals surface area contributed by atoms with Crippen molar-refractivity contribution in [3.63, 3.8) is 0 Å². The van der Waals surface area contributed by atoms with Crippen LogP contribution in [0.4, 0.5) is 4.39 Å². The Bertz CT molecular complexity index is 125. The molecule has 0 aliphatic rings. The first kappa shape index (κ1) is 15.9. The van der Waals surface area contributed by atoms with E-state index in [9.17, 15) is 4.39 Å². The largest absolute Gasteiger partial charge is 0.302 e. The van der Waals surface area contributed by atoms with Gasteiger partial charge >= 0.3 is 0 Å².